The Labute approximate surface area is 170 Å². The SMILES string of the molecule is CCOC(=O)CN(C(=O)COC(=O)c1cccnc1SC(F)F)c1ccccc1. The highest BCUT2D eigenvalue weighted by atomic mass is 32.2. The first-order valence-electron chi connectivity index (χ1n) is 8.50. The lowest BCUT2D eigenvalue weighted by atomic mass is 10.2. The molecule has 0 fully saturated rings. The van der Waals surface area contributed by atoms with E-state index >= 15 is 0 Å². The van der Waals surface area contributed by atoms with Crippen molar-refractivity contribution in [3.05, 3.63) is 54.2 Å². The number of carbonyl (C=O) groups is 3. The molecule has 0 aliphatic carbocycles. The summed E-state index contributed by atoms with van der Waals surface area (Å²) in [6.07, 6.45) is 1.27. The number of hydrogen-bond donors (Lipinski definition) is 0. The van der Waals surface area contributed by atoms with Crippen LogP contribution < -0.4 is 4.90 Å². The molecule has 0 radical (unpaired) electrons. The molecule has 154 valence electrons. The fourth-order valence-corrected chi connectivity index (χ4v) is 2.84. The maximum atomic E-state index is 12.6. The van der Waals surface area contributed by atoms with Crippen LogP contribution in [0.2, 0.25) is 0 Å². The molecule has 0 unspecified atom stereocenters. The lowest BCUT2D eigenvalue weighted by Crippen LogP contribution is -2.39. The maximum Gasteiger partial charge on any atom is 0.341 e. The van der Waals surface area contributed by atoms with Gasteiger partial charge in [-0.05, 0) is 43.0 Å². The van der Waals surface area contributed by atoms with Crippen LogP contribution in [0.4, 0.5) is 14.5 Å². The number of benzene rings is 1. The molecule has 29 heavy (non-hydrogen) atoms. The molecule has 0 aliphatic rings. The number of halogens is 2. The van der Waals surface area contributed by atoms with E-state index < -0.39 is 30.2 Å². The highest BCUT2D eigenvalue weighted by molar-refractivity contribution is 7.99. The number of hydrogen-bond acceptors (Lipinski definition) is 7. The summed E-state index contributed by atoms with van der Waals surface area (Å²) in [6, 6.07) is 11.0. The van der Waals surface area contributed by atoms with Gasteiger partial charge in [0.15, 0.2) is 6.61 Å². The molecule has 10 heteroatoms. The van der Waals surface area contributed by atoms with Crippen LogP contribution in [0.5, 0.6) is 0 Å². The molecule has 0 saturated carbocycles. The molecular weight excluding hydrogens is 406 g/mol. The second-order valence-corrected chi connectivity index (χ2v) is 6.41. The number of carbonyl (C=O) groups excluding carboxylic acids is 3. The number of ether oxygens (including phenoxy) is 2. The van der Waals surface area contributed by atoms with Crippen LogP contribution in [0.15, 0.2) is 53.7 Å². The van der Waals surface area contributed by atoms with E-state index in [1.54, 1.807) is 37.3 Å². The first kappa shape index (κ1) is 22.3. The normalized spacial score (nSPS) is 10.5. The zero-order valence-electron chi connectivity index (χ0n) is 15.4. The Balaban J connectivity index is 2.10. The predicted molar refractivity (Wildman–Crippen MR) is 102 cm³/mol. The van der Waals surface area contributed by atoms with Gasteiger partial charge in [-0.25, -0.2) is 9.78 Å². The van der Waals surface area contributed by atoms with Crippen LogP contribution in [0.25, 0.3) is 0 Å². The van der Waals surface area contributed by atoms with Gasteiger partial charge in [-0.2, -0.15) is 8.78 Å². The molecule has 0 spiro atoms. The Hall–Kier alpha value is -3.01. The lowest BCUT2D eigenvalue weighted by molar-refractivity contribution is -0.142. The first-order valence-corrected chi connectivity index (χ1v) is 9.38. The average molecular weight is 424 g/mol. The van der Waals surface area contributed by atoms with Crippen LogP contribution >= 0.6 is 11.8 Å². The van der Waals surface area contributed by atoms with Gasteiger partial charge in [-0.15, -0.1) is 0 Å². The summed E-state index contributed by atoms with van der Waals surface area (Å²) in [5.74, 6) is -5.04. The Bertz CT molecular complexity index is 852. The van der Waals surface area contributed by atoms with Crippen molar-refractivity contribution < 1.29 is 32.6 Å². The van der Waals surface area contributed by atoms with Gasteiger partial charge in [0.2, 0.25) is 0 Å². The summed E-state index contributed by atoms with van der Waals surface area (Å²) in [7, 11) is 0. The smallest absolute Gasteiger partial charge is 0.341 e. The number of esters is 2. The second kappa shape index (κ2) is 11.1. The highest BCUT2D eigenvalue weighted by Gasteiger charge is 2.23. The molecule has 1 aromatic carbocycles. The third kappa shape index (κ3) is 6.83. The number of anilines is 1. The number of aromatic nitrogens is 1. The van der Waals surface area contributed by atoms with Crippen molar-refractivity contribution in [1.29, 1.82) is 0 Å². The molecule has 0 atom stereocenters. The molecule has 0 bridgehead atoms. The van der Waals surface area contributed by atoms with Crippen molar-refractivity contribution in [2.24, 2.45) is 0 Å². The summed E-state index contributed by atoms with van der Waals surface area (Å²) < 4.78 is 35.1. The topological polar surface area (TPSA) is 85.8 Å². The Morgan fingerprint density at radius 2 is 1.83 bits per heavy atom. The number of alkyl halides is 2. The number of para-hydroxylation sites is 1. The molecule has 2 aromatic rings. The van der Waals surface area contributed by atoms with Crippen molar-refractivity contribution in [2.75, 3.05) is 24.7 Å². The third-order valence-electron chi connectivity index (χ3n) is 3.48. The summed E-state index contributed by atoms with van der Waals surface area (Å²) in [4.78, 5) is 41.5. The van der Waals surface area contributed by atoms with Crippen molar-refractivity contribution in [3.8, 4) is 0 Å². The molecular formula is C19H18F2N2O5S. The molecule has 7 nitrogen and oxygen atoms in total. The van der Waals surface area contributed by atoms with Crippen LogP contribution in [-0.4, -0.2) is 48.3 Å². The molecule has 1 amide bonds. The lowest BCUT2D eigenvalue weighted by Gasteiger charge is -2.21. The zero-order valence-corrected chi connectivity index (χ0v) is 16.2. The largest absolute Gasteiger partial charge is 0.465 e. The monoisotopic (exact) mass is 424 g/mol. The highest BCUT2D eigenvalue weighted by Crippen LogP contribution is 2.26. The Kier molecular flexibility index (Phi) is 8.53. The fraction of sp³-hybridized carbons (Fsp3) is 0.263. The van der Waals surface area contributed by atoms with Gasteiger partial charge in [0.1, 0.15) is 11.6 Å². The molecule has 1 aromatic heterocycles. The standard InChI is InChI=1S/C19H18F2N2O5S/c1-2-27-16(25)11-23(13-7-4-3-5-8-13)15(24)12-28-18(26)14-9-6-10-22-17(14)29-19(20)21/h3-10,19H,2,11-12H2,1H3. The van der Waals surface area contributed by atoms with Gasteiger partial charge in [0, 0.05) is 11.9 Å². The van der Waals surface area contributed by atoms with E-state index in [2.05, 4.69) is 4.98 Å². The molecule has 0 saturated heterocycles. The van der Waals surface area contributed by atoms with Crippen molar-refractivity contribution in [3.63, 3.8) is 0 Å². The quantitative estimate of drug-likeness (QED) is 0.452. The molecule has 1 heterocycles. The zero-order chi connectivity index (χ0) is 21.2. The Morgan fingerprint density at radius 3 is 2.48 bits per heavy atom. The minimum Gasteiger partial charge on any atom is -0.465 e. The third-order valence-corrected chi connectivity index (χ3v) is 4.21. The van der Waals surface area contributed by atoms with E-state index in [9.17, 15) is 23.2 Å². The minimum atomic E-state index is -2.77. The first-order chi connectivity index (χ1) is 13.9. The van der Waals surface area contributed by atoms with Gasteiger partial charge in [0.05, 0.1) is 12.2 Å². The van der Waals surface area contributed by atoms with Crippen LogP contribution in [0.1, 0.15) is 17.3 Å². The number of amides is 1. The number of thioether (sulfide) groups is 1. The molecule has 0 N–H and O–H groups in total. The van der Waals surface area contributed by atoms with E-state index in [-0.39, 0.29) is 35.5 Å². The van der Waals surface area contributed by atoms with Crippen molar-refractivity contribution >= 4 is 35.3 Å². The summed E-state index contributed by atoms with van der Waals surface area (Å²) in [5.41, 5.74) is 0.235. The van der Waals surface area contributed by atoms with E-state index in [0.29, 0.717) is 5.69 Å². The van der Waals surface area contributed by atoms with Crippen LogP contribution in [0, 0.1) is 0 Å². The Morgan fingerprint density at radius 1 is 1.10 bits per heavy atom. The van der Waals surface area contributed by atoms with E-state index in [1.807, 2.05) is 0 Å². The van der Waals surface area contributed by atoms with Gasteiger partial charge in [-0.3, -0.25) is 14.5 Å². The predicted octanol–water partition coefficient (Wildman–Crippen LogP) is 3.15. The summed E-state index contributed by atoms with van der Waals surface area (Å²) in [6.45, 7) is 0.724. The van der Waals surface area contributed by atoms with Crippen LogP contribution in [-0.2, 0) is 19.1 Å². The average Bonchev–Trinajstić information content (AvgIpc) is 2.71. The van der Waals surface area contributed by atoms with Crippen molar-refractivity contribution in [1.82, 2.24) is 4.98 Å². The van der Waals surface area contributed by atoms with Gasteiger partial charge in [-0.1, -0.05) is 18.2 Å². The number of rotatable bonds is 9. The van der Waals surface area contributed by atoms with E-state index in [1.165, 1.54) is 18.3 Å². The number of pyridine rings is 1. The summed E-state index contributed by atoms with van der Waals surface area (Å²) >= 11 is 0.103. The van der Waals surface area contributed by atoms with Gasteiger partial charge < -0.3 is 9.47 Å². The van der Waals surface area contributed by atoms with E-state index in [0.717, 1.165) is 4.90 Å². The van der Waals surface area contributed by atoms with E-state index in [4.69, 9.17) is 9.47 Å². The summed E-state index contributed by atoms with van der Waals surface area (Å²) in [5, 5.41) is -0.202. The fourth-order valence-electron chi connectivity index (χ4n) is 2.27. The van der Waals surface area contributed by atoms with Crippen LogP contribution in [0.3, 0.4) is 0 Å². The molecule has 0 aliphatic heterocycles. The second-order valence-electron chi connectivity index (χ2n) is 5.43. The number of nitrogens with zero attached hydrogens (tertiary/aromatic N) is 2. The molecule has 2 rings (SSSR count). The van der Waals surface area contributed by atoms with Crippen molar-refractivity contribution in [2.45, 2.75) is 17.7 Å². The van der Waals surface area contributed by atoms with Gasteiger partial charge >= 0.3 is 11.9 Å². The maximum absolute atomic E-state index is 12.6. The minimum absolute atomic E-state index is 0.103. The van der Waals surface area contributed by atoms with Gasteiger partial charge in [0.25, 0.3) is 11.7 Å².